The van der Waals surface area contributed by atoms with Gasteiger partial charge in [0, 0.05) is 30.2 Å². The molecule has 13 heteroatoms. The van der Waals surface area contributed by atoms with Crippen LogP contribution in [0.3, 0.4) is 0 Å². The van der Waals surface area contributed by atoms with Crippen LogP contribution in [0.2, 0.25) is 0 Å². The van der Waals surface area contributed by atoms with Crippen molar-refractivity contribution in [1.82, 2.24) is 25.8 Å². The molecule has 1 aromatic heterocycles. The Morgan fingerprint density at radius 1 is 1.09 bits per heavy atom. The van der Waals surface area contributed by atoms with Gasteiger partial charge in [0.15, 0.2) is 5.96 Å². The molecular formula is C30H47N9O4. The van der Waals surface area contributed by atoms with Crippen LogP contribution in [0, 0.1) is 5.92 Å². The summed E-state index contributed by atoms with van der Waals surface area (Å²) in [5.41, 5.74) is 19.0. The van der Waals surface area contributed by atoms with Crippen molar-refractivity contribution >= 4 is 40.5 Å². The lowest BCUT2D eigenvalue weighted by molar-refractivity contribution is -0.148. The average molecular weight is 598 g/mol. The number of para-hydroxylation sites is 1. The second-order valence-corrected chi connectivity index (χ2v) is 11.4. The Bertz CT molecular complexity index is 1280. The summed E-state index contributed by atoms with van der Waals surface area (Å²) in [5.74, 6) is -1.84. The Kier molecular flexibility index (Phi) is 12.5. The maximum Gasteiger partial charge on any atom is 0.251 e. The van der Waals surface area contributed by atoms with Gasteiger partial charge in [0.05, 0.1) is 12.1 Å². The summed E-state index contributed by atoms with van der Waals surface area (Å²) in [5, 5.41) is 9.72. The molecule has 0 bridgehead atoms. The molecule has 2 heterocycles. The van der Waals surface area contributed by atoms with Gasteiger partial charge in [-0.3, -0.25) is 29.1 Å². The van der Waals surface area contributed by atoms with E-state index in [4.69, 9.17) is 17.2 Å². The molecule has 2 aromatic rings. The van der Waals surface area contributed by atoms with E-state index in [0.717, 1.165) is 22.9 Å². The second-order valence-electron chi connectivity index (χ2n) is 11.4. The van der Waals surface area contributed by atoms with Gasteiger partial charge < -0.3 is 38.1 Å². The molecule has 1 saturated heterocycles. The number of carbonyl (C=O) groups excluding carboxylic acids is 4. The standard InChI is InChI=1S/C30H47N9O4/c1-4-39(28(42)23-11-7-13-34-23)29(43)24(12-8-14-35-30(32)33)37-27(41)25(15-18(2)3)38-26(40)21(31)16-19-17-36-22-10-6-5-9-20(19)22/h5-6,9-10,17-18,21,23-25,34,36H,4,7-8,11-16,31H2,1-3H3,(H,37,41)(H,38,40)(H4,32,33,35)/t21-,23-,24-,25-/m0/s1. The number of H-pyrrole nitrogens is 1. The van der Waals surface area contributed by atoms with Gasteiger partial charge in [0.25, 0.3) is 5.91 Å². The van der Waals surface area contributed by atoms with E-state index in [0.29, 0.717) is 25.8 Å². The van der Waals surface area contributed by atoms with E-state index in [1.165, 1.54) is 4.90 Å². The SMILES string of the molecule is CCN(C(=O)[C@@H]1CCCN1)C(=O)[C@H](CCCN=C(N)N)NC(=O)[C@H](CC(C)C)NC(=O)[C@@H](N)Cc1c[nH]c2ccccc12. The van der Waals surface area contributed by atoms with E-state index in [9.17, 15) is 19.2 Å². The van der Waals surface area contributed by atoms with E-state index in [1.54, 1.807) is 6.92 Å². The summed E-state index contributed by atoms with van der Waals surface area (Å²) >= 11 is 0. The fourth-order valence-corrected chi connectivity index (χ4v) is 5.34. The molecule has 1 aliphatic heterocycles. The molecule has 13 nitrogen and oxygen atoms in total. The van der Waals surface area contributed by atoms with Gasteiger partial charge in [-0.2, -0.15) is 0 Å². The molecule has 1 aliphatic rings. The van der Waals surface area contributed by atoms with Crippen LogP contribution in [0.1, 0.15) is 58.4 Å². The van der Waals surface area contributed by atoms with Crippen molar-refractivity contribution in [3.05, 3.63) is 36.0 Å². The van der Waals surface area contributed by atoms with Gasteiger partial charge in [-0.25, -0.2) is 0 Å². The first-order chi connectivity index (χ1) is 20.5. The molecule has 3 rings (SSSR count). The number of aromatic nitrogens is 1. The van der Waals surface area contributed by atoms with Crippen molar-refractivity contribution in [3.8, 4) is 0 Å². The predicted octanol–water partition coefficient (Wildman–Crippen LogP) is 0.234. The number of nitrogens with one attached hydrogen (secondary N) is 4. The maximum atomic E-state index is 13.7. The van der Waals surface area contributed by atoms with E-state index in [2.05, 4.69) is 25.9 Å². The zero-order valence-electron chi connectivity index (χ0n) is 25.4. The molecule has 0 saturated carbocycles. The molecule has 236 valence electrons. The average Bonchev–Trinajstić information content (AvgIpc) is 3.65. The summed E-state index contributed by atoms with van der Waals surface area (Å²) in [7, 11) is 0. The van der Waals surface area contributed by atoms with Crippen LogP contribution in [-0.4, -0.2) is 83.3 Å². The Labute approximate surface area is 252 Å². The lowest BCUT2D eigenvalue weighted by Crippen LogP contribution is -2.58. The molecule has 0 radical (unpaired) electrons. The smallest absolute Gasteiger partial charge is 0.251 e. The van der Waals surface area contributed by atoms with Crippen molar-refractivity contribution in [3.63, 3.8) is 0 Å². The zero-order valence-corrected chi connectivity index (χ0v) is 25.4. The Morgan fingerprint density at radius 2 is 1.81 bits per heavy atom. The van der Waals surface area contributed by atoms with Crippen LogP contribution >= 0.6 is 0 Å². The molecule has 0 spiro atoms. The molecule has 10 N–H and O–H groups in total. The van der Waals surface area contributed by atoms with E-state index in [1.807, 2.05) is 44.3 Å². The van der Waals surface area contributed by atoms with Gasteiger partial charge in [0.2, 0.25) is 17.7 Å². The second kappa shape index (κ2) is 16.0. The van der Waals surface area contributed by atoms with Crippen LogP contribution < -0.4 is 33.2 Å². The van der Waals surface area contributed by atoms with E-state index in [-0.39, 0.29) is 43.7 Å². The van der Waals surface area contributed by atoms with Gasteiger partial charge >= 0.3 is 0 Å². The molecule has 43 heavy (non-hydrogen) atoms. The number of aliphatic imine (C=N–C) groups is 1. The van der Waals surface area contributed by atoms with Crippen molar-refractivity contribution in [2.24, 2.45) is 28.1 Å². The summed E-state index contributed by atoms with van der Waals surface area (Å²) < 4.78 is 0. The first kappa shape index (κ1) is 33.5. The van der Waals surface area contributed by atoms with Crippen LogP contribution in [0.4, 0.5) is 0 Å². The third-order valence-electron chi connectivity index (χ3n) is 7.56. The van der Waals surface area contributed by atoms with Crippen LogP contribution in [-0.2, 0) is 25.6 Å². The number of hydrogen-bond donors (Lipinski definition) is 7. The minimum atomic E-state index is -1.02. The third kappa shape index (κ3) is 9.52. The summed E-state index contributed by atoms with van der Waals surface area (Å²) in [6.07, 6.45) is 4.52. The van der Waals surface area contributed by atoms with Gasteiger partial charge in [-0.1, -0.05) is 32.0 Å². The minimum absolute atomic E-state index is 0.0547. The number of benzene rings is 1. The number of hydrogen-bond acceptors (Lipinski definition) is 7. The molecule has 1 fully saturated rings. The van der Waals surface area contributed by atoms with Gasteiger partial charge in [0.1, 0.15) is 12.1 Å². The highest BCUT2D eigenvalue weighted by atomic mass is 16.2. The van der Waals surface area contributed by atoms with Crippen molar-refractivity contribution in [2.45, 2.75) is 83.5 Å². The van der Waals surface area contributed by atoms with Crippen LogP contribution in [0.25, 0.3) is 10.9 Å². The number of imide groups is 1. The Morgan fingerprint density at radius 3 is 2.47 bits per heavy atom. The lowest BCUT2D eigenvalue weighted by atomic mass is 10.00. The first-order valence-electron chi connectivity index (χ1n) is 15.1. The first-order valence-corrected chi connectivity index (χ1v) is 15.1. The number of aromatic amines is 1. The number of rotatable bonds is 15. The van der Waals surface area contributed by atoms with Crippen molar-refractivity contribution < 1.29 is 19.2 Å². The summed E-state index contributed by atoms with van der Waals surface area (Å²) in [6, 6.07) is 4.46. The van der Waals surface area contributed by atoms with E-state index < -0.39 is 41.9 Å². The highest BCUT2D eigenvalue weighted by Crippen LogP contribution is 2.19. The lowest BCUT2D eigenvalue weighted by Gasteiger charge is -2.29. The monoisotopic (exact) mass is 597 g/mol. The highest BCUT2D eigenvalue weighted by Gasteiger charge is 2.35. The number of carbonyl (C=O) groups is 4. The fraction of sp³-hybridized carbons (Fsp3) is 0.567. The molecule has 0 aliphatic carbocycles. The largest absolute Gasteiger partial charge is 0.370 e. The normalized spacial score (nSPS) is 16.8. The highest BCUT2D eigenvalue weighted by molar-refractivity contribution is 6.02. The van der Waals surface area contributed by atoms with Crippen molar-refractivity contribution in [1.29, 1.82) is 0 Å². The number of fused-ring (bicyclic) bond motifs is 1. The molecular weight excluding hydrogens is 550 g/mol. The Hall–Kier alpha value is -3.97. The zero-order chi connectivity index (χ0) is 31.5. The topological polar surface area (TPSA) is 214 Å². The number of nitrogens with two attached hydrogens (primary N) is 3. The molecule has 4 amide bonds. The van der Waals surface area contributed by atoms with Gasteiger partial charge in [-0.15, -0.1) is 0 Å². The van der Waals surface area contributed by atoms with Crippen molar-refractivity contribution in [2.75, 3.05) is 19.6 Å². The maximum absolute atomic E-state index is 13.7. The molecule has 4 atom stereocenters. The molecule has 1 aromatic carbocycles. The third-order valence-corrected chi connectivity index (χ3v) is 7.56. The number of guanidine groups is 1. The van der Waals surface area contributed by atoms with Crippen LogP contribution in [0.15, 0.2) is 35.5 Å². The summed E-state index contributed by atoms with van der Waals surface area (Å²) in [6.45, 7) is 6.70. The number of amides is 4. The molecule has 0 unspecified atom stereocenters. The predicted molar refractivity (Wildman–Crippen MR) is 167 cm³/mol. The van der Waals surface area contributed by atoms with Crippen LogP contribution in [0.5, 0.6) is 0 Å². The Balaban J connectivity index is 1.73. The summed E-state index contributed by atoms with van der Waals surface area (Å²) in [4.78, 5) is 61.9. The number of nitrogens with zero attached hydrogens (tertiary/aromatic N) is 2. The number of likely N-dealkylation sites (N-methyl/N-ethyl adjacent to an activating group) is 1. The minimum Gasteiger partial charge on any atom is -0.370 e. The van der Waals surface area contributed by atoms with Gasteiger partial charge in [-0.05, 0) is 69.5 Å². The van der Waals surface area contributed by atoms with E-state index >= 15 is 0 Å². The fourth-order valence-electron chi connectivity index (χ4n) is 5.34. The quantitative estimate of drug-likeness (QED) is 0.0855.